The van der Waals surface area contributed by atoms with E-state index in [-0.39, 0.29) is 11.5 Å². The molecule has 0 aromatic carbocycles. The molecule has 19 heavy (non-hydrogen) atoms. The van der Waals surface area contributed by atoms with E-state index >= 15 is 0 Å². The van der Waals surface area contributed by atoms with Crippen molar-refractivity contribution in [2.45, 2.75) is 38.1 Å². The second kappa shape index (κ2) is 7.15. The summed E-state index contributed by atoms with van der Waals surface area (Å²) in [5.74, 6) is -0.146. The van der Waals surface area contributed by atoms with Crippen LogP contribution in [0, 0.1) is 11.3 Å². The van der Waals surface area contributed by atoms with Crippen molar-refractivity contribution < 1.29 is 4.79 Å². The molecule has 5 heteroatoms. The third-order valence-corrected chi connectivity index (χ3v) is 3.82. The highest BCUT2D eigenvalue weighted by molar-refractivity contribution is 5.97. The minimum Gasteiger partial charge on any atom is -0.387 e. The maximum Gasteiger partial charge on any atom is 0.266 e. The Morgan fingerprint density at radius 2 is 1.95 bits per heavy atom. The molecule has 0 aromatic heterocycles. The maximum absolute atomic E-state index is 12.2. The summed E-state index contributed by atoms with van der Waals surface area (Å²) in [7, 11) is 0. The van der Waals surface area contributed by atoms with Gasteiger partial charge in [0.05, 0.1) is 0 Å². The molecule has 1 saturated heterocycles. The average Bonchev–Trinajstić information content (AvgIpc) is 2.49. The highest BCUT2D eigenvalue weighted by atomic mass is 16.2. The second-order valence-electron chi connectivity index (χ2n) is 5.21. The minimum absolute atomic E-state index is 0.146. The average molecular weight is 262 g/mol. The highest BCUT2D eigenvalue weighted by Crippen LogP contribution is 2.17. The van der Waals surface area contributed by atoms with Gasteiger partial charge in [-0.05, 0) is 12.8 Å². The molecule has 2 rings (SSSR count). The Balaban J connectivity index is 1.90. The van der Waals surface area contributed by atoms with E-state index in [9.17, 15) is 4.79 Å². The van der Waals surface area contributed by atoms with E-state index in [2.05, 4.69) is 10.6 Å². The van der Waals surface area contributed by atoms with Crippen LogP contribution < -0.4 is 10.6 Å². The number of carbonyl (C=O) groups is 1. The SMILES string of the molecule is N#C/C(=C/NC1CCCCC1)C(=O)N1CCNCC1. The molecule has 2 aliphatic rings. The molecule has 2 fully saturated rings. The molecule has 1 saturated carbocycles. The van der Waals surface area contributed by atoms with Gasteiger partial charge >= 0.3 is 0 Å². The van der Waals surface area contributed by atoms with Crippen LogP contribution in [0.5, 0.6) is 0 Å². The van der Waals surface area contributed by atoms with Gasteiger partial charge in [-0.1, -0.05) is 19.3 Å². The first-order valence-electron chi connectivity index (χ1n) is 7.17. The smallest absolute Gasteiger partial charge is 0.266 e. The van der Waals surface area contributed by atoms with Crippen LogP contribution in [0.3, 0.4) is 0 Å². The topological polar surface area (TPSA) is 68.2 Å². The molecule has 0 spiro atoms. The molecule has 1 amide bonds. The standard InChI is InChI=1S/C14H22N4O/c15-10-12(11-17-13-4-2-1-3-5-13)14(19)18-8-6-16-7-9-18/h11,13,16-17H,1-9H2/b12-11-. The maximum atomic E-state index is 12.2. The van der Waals surface area contributed by atoms with Crippen molar-refractivity contribution in [1.82, 2.24) is 15.5 Å². The number of carbonyl (C=O) groups excluding carboxylic acids is 1. The number of rotatable bonds is 3. The zero-order valence-corrected chi connectivity index (χ0v) is 11.3. The van der Waals surface area contributed by atoms with Gasteiger partial charge < -0.3 is 15.5 Å². The fourth-order valence-corrected chi connectivity index (χ4v) is 2.65. The molecule has 0 atom stereocenters. The molecule has 5 nitrogen and oxygen atoms in total. The zero-order chi connectivity index (χ0) is 13.5. The van der Waals surface area contributed by atoms with E-state index in [4.69, 9.17) is 5.26 Å². The number of nitriles is 1. The van der Waals surface area contributed by atoms with E-state index in [1.165, 1.54) is 19.3 Å². The van der Waals surface area contributed by atoms with Crippen molar-refractivity contribution in [1.29, 1.82) is 5.26 Å². The number of amides is 1. The molecule has 0 bridgehead atoms. The molecule has 2 N–H and O–H groups in total. The predicted molar refractivity (Wildman–Crippen MR) is 73.2 cm³/mol. The van der Waals surface area contributed by atoms with E-state index in [0.29, 0.717) is 19.1 Å². The monoisotopic (exact) mass is 262 g/mol. The van der Waals surface area contributed by atoms with E-state index < -0.39 is 0 Å². The molecule has 0 unspecified atom stereocenters. The van der Waals surface area contributed by atoms with E-state index in [1.807, 2.05) is 6.07 Å². The normalized spacial score (nSPS) is 21.8. The van der Waals surface area contributed by atoms with Gasteiger partial charge in [0.25, 0.3) is 5.91 Å². The van der Waals surface area contributed by atoms with Gasteiger partial charge in [-0.15, -0.1) is 0 Å². The fourth-order valence-electron chi connectivity index (χ4n) is 2.65. The van der Waals surface area contributed by atoms with Crippen molar-refractivity contribution in [3.05, 3.63) is 11.8 Å². The third kappa shape index (κ3) is 3.97. The number of nitrogens with one attached hydrogen (secondary N) is 2. The van der Waals surface area contributed by atoms with Crippen LogP contribution in [0.15, 0.2) is 11.8 Å². The Bertz CT molecular complexity index is 373. The molecular formula is C14H22N4O. The Morgan fingerprint density at radius 3 is 2.58 bits per heavy atom. The van der Waals surface area contributed by atoms with Crippen LogP contribution in [0.2, 0.25) is 0 Å². The van der Waals surface area contributed by atoms with Crippen molar-refractivity contribution in [2.24, 2.45) is 0 Å². The first kappa shape index (κ1) is 13.9. The van der Waals surface area contributed by atoms with Crippen LogP contribution in [-0.2, 0) is 4.79 Å². The van der Waals surface area contributed by atoms with Crippen LogP contribution in [0.1, 0.15) is 32.1 Å². The van der Waals surface area contributed by atoms with Gasteiger partial charge in [-0.2, -0.15) is 5.26 Å². The predicted octanol–water partition coefficient (Wildman–Crippen LogP) is 0.748. The van der Waals surface area contributed by atoms with E-state index in [1.54, 1.807) is 11.1 Å². The summed E-state index contributed by atoms with van der Waals surface area (Å²) in [6.07, 6.45) is 7.67. The van der Waals surface area contributed by atoms with Gasteiger partial charge in [0, 0.05) is 38.4 Å². The Kier molecular flexibility index (Phi) is 5.22. The number of nitrogens with zero attached hydrogens (tertiary/aromatic N) is 2. The fraction of sp³-hybridized carbons (Fsp3) is 0.714. The molecule has 0 aromatic rings. The van der Waals surface area contributed by atoms with Crippen LogP contribution >= 0.6 is 0 Å². The molecule has 1 aliphatic carbocycles. The lowest BCUT2D eigenvalue weighted by Crippen LogP contribution is -2.47. The number of hydrogen-bond acceptors (Lipinski definition) is 4. The number of piperazine rings is 1. The van der Waals surface area contributed by atoms with Crippen molar-refractivity contribution >= 4 is 5.91 Å². The first-order chi connectivity index (χ1) is 9.31. The summed E-state index contributed by atoms with van der Waals surface area (Å²) in [6.45, 7) is 2.98. The van der Waals surface area contributed by atoms with Gasteiger partial charge in [-0.3, -0.25) is 4.79 Å². The van der Waals surface area contributed by atoms with E-state index in [0.717, 1.165) is 25.9 Å². The Morgan fingerprint density at radius 1 is 1.26 bits per heavy atom. The number of hydrogen-bond donors (Lipinski definition) is 2. The lowest BCUT2D eigenvalue weighted by Gasteiger charge is -2.27. The third-order valence-electron chi connectivity index (χ3n) is 3.82. The lowest BCUT2D eigenvalue weighted by molar-refractivity contribution is -0.127. The van der Waals surface area contributed by atoms with Crippen LogP contribution in [0.4, 0.5) is 0 Å². The molecular weight excluding hydrogens is 240 g/mol. The summed E-state index contributed by atoms with van der Waals surface area (Å²) in [4.78, 5) is 13.9. The summed E-state index contributed by atoms with van der Waals surface area (Å²) in [5.41, 5.74) is 0.229. The largest absolute Gasteiger partial charge is 0.387 e. The Labute approximate surface area is 114 Å². The summed E-state index contributed by atoms with van der Waals surface area (Å²) >= 11 is 0. The second-order valence-corrected chi connectivity index (χ2v) is 5.21. The van der Waals surface area contributed by atoms with Crippen LogP contribution in [-0.4, -0.2) is 43.0 Å². The summed E-state index contributed by atoms with van der Waals surface area (Å²) in [6, 6.07) is 2.45. The molecule has 0 radical (unpaired) electrons. The highest BCUT2D eigenvalue weighted by Gasteiger charge is 2.20. The van der Waals surface area contributed by atoms with Gasteiger partial charge in [0.2, 0.25) is 0 Å². The van der Waals surface area contributed by atoms with Gasteiger partial charge in [-0.25, -0.2) is 0 Å². The molecule has 1 heterocycles. The van der Waals surface area contributed by atoms with Gasteiger partial charge in [0.1, 0.15) is 11.6 Å². The molecule has 104 valence electrons. The zero-order valence-electron chi connectivity index (χ0n) is 11.3. The summed E-state index contributed by atoms with van der Waals surface area (Å²) in [5, 5.41) is 15.6. The van der Waals surface area contributed by atoms with Gasteiger partial charge in [0.15, 0.2) is 0 Å². The van der Waals surface area contributed by atoms with Crippen LogP contribution in [0.25, 0.3) is 0 Å². The minimum atomic E-state index is -0.146. The first-order valence-corrected chi connectivity index (χ1v) is 7.17. The van der Waals surface area contributed by atoms with Crippen molar-refractivity contribution in [2.75, 3.05) is 26.2 Å². The van der Waals surface area contributed by atoms with Crippen molar-refractivity contribution in [3.63, 3.8) is 0 Å². The molecule has 1 aliphatic heterocycles. The Hall–Kier alpha value is -1.54. The quantitative estimate of drug-likeness (QED) is 0.582. The summed E-state index contributed by atoms with van der Waals surface area (Å²) < 4.78 is 0. The van der Waals surface area contributed by atoms with Crippen molar-refractivity contribution in [3.8, 4) is 6.07 Å². The lowest BCUT2D eigenvalue weighted by atomic mass is 9.96.